The lowest BCUT2D eigenvalue weighted by atomic mass is 10.1. The van der Waals surface area contributed by atoms with Crippen LogP contribution in [0.1, 0.15) is 5.69 Å². The number of hydrogen-bond acceptors (Lipinski definition) is 4. The van der Waals surface area contributed by atoms with Crippen LogP contribution < -0.4 is 4.31 Å². The van der Waals surface area contributed by atoms with Crippen molar-refractivity contribution >= 4 is 26.5 Å². The molecule has 0 aliphatic carbocycles. The second-order valence-corrected chi connectivity index (χ2v) is 7.93. The predicted octanol–water partition coefficient (Wildman–Crippen LogP) is 3.13. The highest BCUT2D eigenvalue weighted by molar-refractivity contribution is 7.93. The summed E-state index contributed by atoms with van der Waals surface area (Å²) in [5.41, 5.74) is 2.10. The van der Waals surface area contributed by atoms with Crippen molar-refractivity contribution in [3.8, 4) is 5.69 Å². The number of sulfonamides is 1. The van der Waals surface area contributed by atoms with Gasteiger partial charge in [-0.3, -0.25) is 4.31 Å². The molecule has 0 radical (unpaired) electrons. The molecule has 0 unspecified atom stereocenters. The van der Waals surface area contributed by atoms with Gasteiger partial charge in [0.1, 0.15) is 5.69 Å². The Morgan fingerprint density at radius 2 is 1.65 bits per heavy atom. The fourth-order valence-electron chi connectivity index (χ4n) is 3.33. The van der Waals surface area contributed by atoms with Gasteiger partial charge >= 0.3 is 0 Å². The van der Waals surface area contributed by atoms with Crippen LogP contribution in [-0.2, 0) is 16.6 Å². The van der Waals surface area contributed by atoms with E-state index in [-0.39, 0.29) is 6.54 Å². The molecule has 3 aromatic carbocycles. The molecule has 128 valence electrons. The van der Waals surface area contributed by atoms with Crippen molar-refractivity contribution in [3.63, 3.8) is 0 Å². The van der Waals surface area contributed by atoms with E-state index in [4.69, 9.17) is 0 Å². The maximum Gasteiger partial charge on any atom is 0.265 e. The van der Waals surface area contributed by atoms with E-state index < -0.39 is 10.0 Å². The zero-order chi connectivity index (χ0) is 17.7. The molecule has 0 bridgehead atoms. The van der Waals surface area contributed by atoms with Crippen molar-refractivity contribution in [1.82, 2.24) is 15.0 Å². The van der Waals surface area contributed by atoms with Crippen molar-refractivity contribution < 1.29 is 8.42 Å². The fourth-order valence-corrected chi connectivity index (χ4v) is 5.01. The molecular weight excluding hydrogens is 348 g/mol. The summed E-state index contributed by atoms with van der Waals surface area (Å²) in [7, 11) is -3.60. The van der Waals surface area contributed by atoms with Crippen LogP contribution in [0.4, 0.5) is 5.69 Å². The molecule has 7 heteroatoms. The second kappa shape index (κ2) is 5.40. The van der Waals surface area contributed by atoms with Crippen molar-refractivity contribution in [2.24, 2.45) is 0 Å². The minimum absolute atomic E-state index is 0.142. The highest BCUT2D eigenvalue weighted by Gasteiger charge is 2.35. The Labute approximate surface area is 150 Å². The zero-order valence-corrected chi connectivity index (χ0v) is 14.5. The first-order chi connectivity index (χ1) is 12.6. The lowest BCUT2D eigenvalue weighted by molar-refractivity contribution is 0.592. The van der Waals surface area contributed by atoms with Crippen LogP contribution in [0.5, 0.6) is 0 Å². The van der Waals surface area contributed by atoms with Crippen LogP contribution in [-0.4, -0.2) is 23.4 Å². The Hall–Kier alpha value is -3.19. The van der Waals surface area contributed by atoms with Gasteiger partial charge in [-0.25, -0.2) is 8.42 Å². The number of hydrogen-bond donors (Lipinski definition) is 0. The van der Waals surface area contributed by atoms with Gasteiger partial charge < -0.3 is 0 Å². The van der Waals surface area contributed by atoms with Crippen LogP contribution in [0, 0.1) is 0 Å². The number of nitrogens with zero attached hydrogens (tertiary/aromatic N) is 4. The van der Waals surface area contributed by atoms with Gasteiger partial charge in [0.05, 0.1) is 29.0 Å². The normalized spacial score (nSPS) is 14.8. The van der Waals surface area contributed by atoms with E-state index in [0.717, 1.165) is 16.5 Å². The molecular formula is C19H14N4O2S. The summed E-state index contributed by atoms with van der Waals surface area (Å²) in [6.07, 6.45) is 1.60. The van der Waals surface area contributed by atoms with Crippen molar-refractivity contribution in [2.45, 2.75) is 11.4 Å². The molecule has 0 spiro atoms. The Morgan fingerprint density at radius 3 is 2.46 bits per heavy atom. The maximum absolute atomic E-state index is 13.0. The third-order valence-corrected chi connectivity index (χ3v) is 6.32. The SMILES string of the molecule is O=S1(=O)c2cccc3cccc(c23)N1Cc1cnn(-c2ccccc2)n1. The quantitative estimate of drug-likeness (QED) is 0.561. The van der Waals surface area contributed by atoms with Crippen molar-refractivity contribution in [3.05, 3.63) is 78.6 Å². The molecule has 4 aromatic rings. The average Bonchev–Trinajstić information content (AvgIpc) is 3.22. The lowest BCUT2D eigenvalue weighted by Crippen LogP contribution is -2.26. The van der Waals surface area contributed by atoms with Gasteiger partial charge in [0.2, 0.25) is 0 Å². The molecule has 5 rings (SSSR count). The third kappa shape index (κ3) is 2.14. The molecule has 0 N–H and O–H groups in total. The molecule has 0 saturated carbocycles. The maximum atomic E-state index is 13.0. The number of benzene rings is 3. The summed E-state index contributed by atoms with van der Waals surface area (Å²) in [5.74, 6) is 0. The first kappa shape index (κ1) is 15.1. The number of para-hydroxylation sites is 1. The predicted molar refractivity (Wildman–Crippen MR) is 98.7 cm³/mol. The number of rotatable bonds is 3. The summed E-state index contributed by atoms with van der Waals surface area (Å²) in [4.78, 5) is 1.85. The highest BCUT2D eigenvalue weighted by Crippen LogP contribution is 2.42. The fraction of sp³-hybridized carbons (Fsp3) is 0.0526. The topological polar surface area (TPSA) is 68.1 Å². The average molecular weight is 362 g/mol. The molecule has 2 heterocycles. The van der Waals surface area contributed by atoms with Crippen molar-refractivity contribution in [2.75, 3.05) is 4.31 Å². The molecule has 0 amide bonds. The molecule has 0 fully saturated rings. The van der Waals surface area contributed by atoms with E-state index in [1.165, 1.54) is 9.10 Å². The third-order valence-electron chi connectivity index (χ3n) is 4.51. The molecule has 26 heavy (non-hydrogen) atoms. The lowest BCUT2D eigenvalue weighted by Gasteiger charge is -2.17. The molecule has 0 atom stereocenters. The van der Waals surface area contributed by atoms with E-state index in [0.29, 0.717) is 16.3 Å². The highest BCUT2D eigenvalue weighted by atomic mass is 32.2. The van der Waals surface area contributed by atoms with E-state index in [1.54, 1.807) is 18.3 Å². The summed E-state index contributed by atoms with van der Waals surface area (Å²) in [6, 6.07) is 20.5. The molecule has 0 saturated heterocycles. The zero-order valence-electron chi connectivity index (χ0n) is 13.6. The number of anilines is 1. The first-order valence-corrected chi connectivity index (χ1v) is 9.60. The van der Waals surface area contributed by atoms with E-state index in [1.807, 2.05) is 54.6 Å². The number of aromatic nitrogens is 3. The summed E-state index contributed by atoms with van der Waals surface area (Å²) in [5, 5.41) is 10.4. The van der Waals surface area contributed by atoms with E-state index in [2.05, 4.69) is 10.2 Å². The van der Waals surface area contributed by atoms with Gasteiger partial charge in [-0.15, -0.1) is 0 Å². The van der Waals surface area contributed by atoms with E-state index >= 15 is 0 Å². The summed E-state index contributed by atoms with van der Waals surface area (Å²) < 4.78 is 27.4. The van der Waals surface area contributed by atoms with Gasteiger partial charge in [0.25, 0.3) is 10.0 Å². The Bertz CT molecular complexity index is 1230. The van der Waals surface area contributed by atoms with Crippen LogP contribution in [0.15, 0.2) is 77.8 Å². The minimum Gasteiger partial charge on any atom is -0.260 e. The van der Waals surface area contributed by atoms with Gasteiger partial charge in [-0.05, 0) is 29.7 Å². The van der Waals surface area contributed by atoms with Crippen LogP contribution in [0.3, 0.4) is 0 Å². The molecule has 6 nitrogen and oxygen atoms in total. The van der Waals surface area contributed by atoms with Gasteiger partial charge in [-0.2, -0.15) is 15.0 Å². The smallest absolute Gasteiger partial charge is 0.260 e. The summed E-state index contributed by atoms with van der Waals surface area (Å²) in [6.45, 7) is 0.142. The first-order valence-electron chi connectivity index (χ1n) is 8.16. The Kier molecular flexibility index (Phi) is 3.14. The summed E-state index contributed by atoms with van der Waals surface area (Å²) >= 11 is 0. The Balaban J connectivity index is 1.56. The largest absolute Gasteiger partial charge is 0.265 e. The second-order valence-electron chi connectivity index (χ2n) is 6.10. The van der Waals surface area contributed by atoms with Crippen LogP contribution in [0.2, 0.25) is 0 Å². The monoisotopic (exact) mass is 362 g/mol. The van der Waals surface area contributed by atoms with Gasteiger partial charge in [0, 0.05) is 5.39 Å². The molecule has 1 aliphatic heterocycles. The van der Waals surface area contributed by atoms with E-state index in [9.17, 15) is 8.42 Å². The van der Waals surface area contributed by atoms with Crippen molar-refractivity contribution in [1.29, 1.82) is 0 Å². The minimum atomic E-state index is -3.60. The standard InChI is InChI=1S/C19H14N4O2S/c24-26(25)18-11-5-7-14-6-4-10-17(19(14)18)22(26)13-15-12-20-23(21-15)16-8-2-1-3-9-16/h1-12H,13H2. The van der Waals surface area contributed by atoms with Crippen LogP contribution in [0.25, 0.3) is 16.5 Å². The molecule has 1 aromatic heterocycles. The van der Waals surface area contributed by atoms with Gasteiger partial charge in [0.15, 0.2) is 0 Å². The van der Waals surface area contributed by atoms with Gasteiger partial charge in [-0.1, -0.05) is 42.5 Å². The molecule has 1 aliphatic rings. The van der Waals surface area contributed by atoms with Crippen LogP contribution >= 0.6 is 0 Å². The Morgan fingerprint density at radius 1 is 0.885 bits per heavy atom.